The predicted molar refractivity (Wildman–Crippen MR) is 81.1 cm³/mol. The Morgan fingerprint density at radius 3 is 2.95 bits per heavy atom. The van der Waals surface area contributed by atoms with Gasteiger partial charge < -0.3 is 9.84 Å². The molecule has 1 N–H and O–H groups in total. The standard InChI is InChI=1S/C16H16O3S/c1-2-12-4-3-5-13(10-12)19-11-15-7-6-14(20-15)8-9-16(17)18/h3-10H,2,11H2,1H3,(H,17,18). The maximum Gasteiger partial charge on any atom is 0.328 e. The van der Waals surface area contributed by atoms with Gasteiger partial charge in [0.15, 0.2) is 0 Å². The molecule has 1 heterocycles. The van der Waals surface area contributed by atoms with Crippen molar-refractivity contribution in [2.75, 3.05) is 0 Å². The largest absolute Gasteiger partial charge is 0.488 e. The van der Waals surface area contributed by atoms with Crippen LogP contribution in [0.4, 0.5) is 0 Å². The number of aliphatic carboxylic acids is 1. The highest BCUT2D eigenvalue weighted by Gasteiger charge is 2.01. The number of rotatable bonds is 6. The first-order chi connectivity index (χ1) is 9.67. The van der Waals surface area contributed by atoms with E-state index in [4.69, 9.17) is 9.84 Å². The Hall–Kier alpha value is -2.07. The van der Waals surface area contributed by atoms with Crippen LogP contribution in [0.5, 0.6) is 5.75 Å². The van der Waals surface area contributed by atoms with E-state index in [1.54, 1.807) is 6.08 Å². The zero-order valence-electron chi connectivity index (χ0n) is 11.2. The SMILES string of the molecule is CCc1cccc(OCc2ccc(C=CC(=O)O)s2)c1. The zero-order chi connectivity index (χ0) is 14.4. The molecule has 0 aliphatic heterocycles. The van der Waals surface area contributed by atoms with E-state index in [2.05, 4.69) is 13.0 Å². The summed E-state index contributed by atoms with van der Waals surface area (Å²) in [4.78, 5) is 12.4. The van der Waals surface area contributed by atoms with Gasteiger partial charge >= 0.3 is 5.97 Å². The molecule has 0 spiro atoms. The first-order valence-corrected chi connectivity index (χ1v) is 7.20. The Morgan fingerprint density at radius 1 is 1.35 bits per heavy atom. The highest BCUT2D eigenvalue weighted by atomic mass is 32.1. The molecule has 1 aromatic carbocycles. The monoisotopic (exact) mass is 288 g/mol. The van der Waals surface area contributed by atoms with Crippen LogP contribution >= 0.6 is 11.3 Å². The van der Waals surface area contributed by atoms with Crippen molar-refractivity contribution in [3.8, 4) is 5.75 Å². The van der Waals surface area contributed by atoms with Crippen molar-refractivity contribution in [1.29, 1.82) is 0 Å². The van der Waals surface area contributed by atoms with Gasteiger partial charge in [-0.15, -0.1) is 11.3 Å². The molecule has 2 aromatic rings. The molecular formula is C16H16O3S. The molecule has 104 valence electrons. The smallest absolute Gasteiger partial charge is 0.328 e. The van der Waals surface area contributed by atoms with Gasteiger partial charge in [0.25, 0.3) is 0 Å². The summed E-state index contributed by atoms with van der Waals surface area (Å²) < 4.78 is 5.74. The lowest BCUT2D eigenvalue weighted by molar-refractivity contribution is -0.131. The van der Waals surface area contributed by atoms with E-state index in [0.29, 0.717) is 6.61 Å². The van der Waals surface area contributed by atoms with Gasteiger partial charge in [0.05, 0.1) is 0 Å². The highest BCUT2D eigenvalue weighted by molar-refractivity contribution is 7.12. The molecule has 0 unspecified atom stereocenters. The topological polar surface area (TPSA) is 46.5 Å². The number of thiophene rings is 1. The van der Waals surface area contributed by atoms with Gasteiger partial charge in [-0.1, -0.05) is 19.1 Å². The van der Waals surface area contributed by atoms with E-state index in [0.717, 1.165) is 28.0 Å². The average molecular weight is 288 g/mol. The maximum atomic E-state index is 10.4. The second kappa shape index (κ2) is 6.91. The van der Waals surface area contributed by atoms with Gasteiger partial charge in [0, 0.05) is 15.8 Å². The molecule has 3 nitrogen and oxygen atoms in total. The predicted octanol–water partition coefficient (Wildman–Crippen LogP) is 3.99. The number of hydrogen-bond donors (Lipinski definition) is 1. The van der Waals surface area contributed by atoms with E-state index in [1.807, 2.05) is 30.3 Å². The van der Waals surface area contributed by atoms with E-state index in [1.165, 1.54) is 16.9 Å². The first-order valence-electron chi connectivity index (χ1n) is 6.39. The van der Waals surface area contributed by atoms with E-state index < -0.39 is 5.97 Å². The minimum atomic E-state index is -0.937. The van der Waals surface area contributed by atoms with Crippen molar-refractivity contribution in [1.82, 2.24) is 0 Å². The molecule has 0 saturated carbocycles. The Kier molecular flexibility index (Phi) is 4.96. The summed E-state index contributed by atoms with van der Waals surface area (Å²) in [6, 6.07) is 11.9. The molecule has 0 saturated heterocycles. The molecule has 0 radical (unpaired) electrons. The molecule has 2 rings (SSSR count). The summed E-state index contributed by atoms with van der Waals surface area (Å²) in [5, 5.41) is 8.58. The Morgan fingerprint density at radius 2 is 2.20 bits per heavy atom. The maximum absolute atomic E-state index is 10.4. The Bertz CT molecular complexity index is 614. The lowest BCUT2D eigenvalue weighted by Crippen LogP contribution is -1.93. The minimum absolute atomic E-state index is 0.499. The molecule has 0 atom stereocenters. The number of carboxylic acid groups (broad SMARTS) is 1. The third-order valence-corrected chi connectivity index (χ3v) is 3.78. The number of ether oxygens (including phenoxy) is 1. The van der Waals surface area contributed by atoms with Crippen LogP contribution in [0.3, 0.4) is 0 Å². The van der Waals surface area contributed by atoms with Crippen LogP contribution in [0.1, 0.15) is 22.2 Å². The summed E-state index contributed by atoms with van der Waals surface area (Å²) in [5.41, 5.74) is 1.25. The summed E-state index contributed by atoms with van der Waals surface area (Å²) in [6.07, 6.45) is 3.72. The van der Waals surface area contributed by atoms with Crippen LogP contribution in [-0.4, -0.2) is 11.1 Å². The molecule has 0 amide bonds. The fourth-order valence-corrected chi connectivity index (χ4v) is 2.55. The van der Waals surface area contributed by atoms with Crippen LogP contribution < -0.4 is 4.74 Å². The van der Waals surface area contributed by atoms with Crippen molar-refractivity contribution < 1.29 is 14.6 Å². The summed E-state index contributed by atoms with van der Waals surface area (Å²) in [7, 11) is 0. The van der Waals surface area contributed by atoms with E-state index in [-0.39, 0.29) is 0 Å². The number of benzene rings is 1. The third kappa shape index (κ3) is 4.24. The normalized spacial score (nSPS) is 10.8. The second-order valence-electron chi connectivity index (χ2n) is 4.27. The van der Waals surface area contributed by atoms with Gasteiger partial charge in [0.2, 0.25) is 0 Å². The summed E-state index contributed by atoms with van der Waals surface area (Å²) in [5.74, 6) is -0.0760. The van der Waals surface area contributed by atoms with Crippen molar-refractivity contribution in [2.24, 2.45) is 0 Å². The molecule has 1 aromatic heterocycles. The lowest BCUT2D eigenvalue weighted by atomic mass is 10.2. The van der Waals surface area contributed by atoms with Gasteiger partial charge in [-0.3, -0.25) is 0 Å². The van der Waals surface area contributed by atoms with Crippen molar-refractivity contribution >= 4 is 23.4 Å². The van der Waals surface area contributed by atoms with Crippen LogP contribution in [0.2, 0.25) is 0 Å². The van der Waals surface area contributed by atoms with E-state index in [9.17, 15) is 4.79 Å². The van der Waals surface area contributed by atoms with Crippen LogP contribution in [0, 0.1) is 0 Å². The zero-order valence-corrected chi connectivity index (χ0v) is 12.0. The molecular weight excluding hydrogens is 272 g/mol. The number of carboxylic acids is 1. The van der Waals surface area contributed by atoms with Crippen LogP contribution in [0.25, 0.3) is 6.08 Å². The third-order valence-electron chi connectivity index (χ3n) is 2.76. The molecule has 0 aliphatic rings. The molecule has 0 fully saturated rings. The Balaban J connectivity index is 1.95. The van der Waals surface area contributed by atoms with Gasteiger partial charge in [0.1, 0.15) is 12.4 Å². The number of carbonyl (C=O) groups is 1. The van der Waals surface area contributed by atoms with Gasteiger partial charge in [-0.05, 0) is 42.3 Å². The Labute approximate surface area is 122 Å². The van der Waals surface area contributed by atoms with E-state index >= 15 is 0 Å². The second-order valence-corrected chi connectivity index (χ2v) is 5.47. The highest BCUT2D eigenvalue weighted by Crippen LogP contribution is 2.21. The number of hydrogen-bond acceptors (Lipinski definition) is 3. The summed E-state index contributed by atoms with van der Waals surface area (Å²) >= 11 is 1.53. The lowest BCUT2D eigenvalue weighted by Gasteiger charge is -2.05. The minimum Gasteiger partial charge on any atom is -0.488 e. The fraction of sp³-hybridized carbons (Fsp3) is 0.188. The van der Waals surface area contributed by atoms with Crippen molar-refractivity contribution in [3.63, 3.8) is 0 Å². The quantitative estimate of drug-likeness (QED) is 0.818. The fourth-order valence-electron chi connectivity index (χ4n) is 1.72. The van der Waals surface area contributed by atoms with Crippen LogP contribution in [0.15, 0.2) is 42.5 Å². The van der Waals surface area contributed by atoms with Gasteiger partial charge in [-0.25, -0.2) is 4.79 Å². The molecule has 4 heteroatoms. The first kappa shape index (κ1) is 14.3. The van der Waals surface area contributed by atoms with Crippen LogP contribution in [-0.2, 0) is 17.8 Å². The van der Waals surface area contributed by atoms with Crippen molar-refractivity contribution in [3.05, 3.63) is 57.8 Å². The number of aryl methyl sites for hydroxylation is 1. The molecule has 0 aliphatic carbocycles. The summed E-state index contributed by atoms with van der Waals surface area (Å²) in [6.45, 7) is 2.61. The van der Waals surface area contributed by atoms with Gasteiger partial charge in [-0.2, -0.15) is 0 Å². The average Bonchev–Trinajstić information content (AvgIpc) is 2.91. The molecule has 0 bridgehead atoms. The molecule has 20 heavy (non-hydrogen) atoms. The van der Waals surface area contributed by atoms with Crippen molar-refractivity contribution in [2.45, 2.75) is 20.0 Å².